The van der Waals surface area contributed by atoms with Crippen LogP contribution in [-0.2, 0) is 4.84 Å². The monoisotopic (exact) mass is 244 g/mol. The quantitative estimate of drug-likeness (QED) is 0.530. The predicted octanol–water partition coefficient (Wildman–Crippen LogP) is 3.28. The molecule has 0 aromatic rings. The van der Waals surface area contributed by atoms with E-state index in [-0.39, 0.29) is 11.6 Å². The molecule has 0 aromatic carbocycles. The molecular formula is C13H28N2O2. The fourth-order valence-electron chi connectivity index (χ4n) is 1.67. The van der Waals surface area contributed by atoms with Crippen molar-refractivity contribution in [1.82, 2.24) is 9.96 Å². The molecule has 0 aliphatic heterocycles. The van der Waals surface area contributed by atoms with Crippen LogP contribution in [0.15, 0.2) is 0 Å². The zero-order chi connectivity index (χ0) is 13.5. The normalized spacial score (nSPS) is 11.4. The summed E-state index contributed by atoms with van der Waals surface area (Å²) in [6.07, 6.45) is 4.67. The summed E-state index contributed by atoms with van der Waals surface area (Å²) in [5.41, 5.74) is -0.316. The molecule has 0 saturated carbocycles. The standard InChI is InChI=1S/C13H28N2O2/c1-7-8-9-10-11-14(5)12(16)15(17-6)13(2,3)4/h7-11H2,1-6H3. The Morgan fingerprint density at radius 1 is 1.18 bits per heavy atom. The zero-order valence-corrected chi connectivity index (χ0v) is 12.2. The minimum absolute atomic E-state index is 0.0727. The number of hydrogen-bond acceptors (Lipinski definition) is 2. The van der Waals surface area contributed by atoms with Gasteiger partial charge in [-0.15, -0.1) is 0 Å². The van der Waals surface area contributed by atoms with Crippen LogP contribution in [0.2, 0.25) is 0 Å². The van der Waals surface area contributed by atoms with Crippen LogP contribution in [0.3, 0.4) is 0 Å². The topological polar surface area (TPSA) is 32.8 Å². The van der Waals surface area contributed by atoms with Gasteiger partial charge in [0.05, 0.1) is 12.6 Å². The van der Waals surface area contributed by atoms with Crippen LogP contribution in [0.25, 0.3) is 0 Å². The lowest BCUT2D eigenvalue weighted by Gasteiger charge is -2.35. The molecular weight excluding hydrogens is 216 g/mol. The van der Waals surface area contributed by atoms with Crippen LogP contribution in [0.1, 0.15) is 53.4 Å². The summed E-state index contributed by atoms with van der Waals surface area (Å²) in [5, 5.41) is 1.42. The van der Waals surface area contributed by atoms with Gasteiger partial charge in [-0.25, -0.2) is 4.79 Å². The van der Waals surface area contributed by atoms with Crippen LogP contribution < -0.4 is 0 Å². The molecule has 0 bridgehead atoms. The first-order chi connectivity index (χ1) is 7.84. The van der Waals surface area contributed by atoms with E-state index in [1.54, 1.807) is 4.90 Å². The van der Waals surface area contributed by atoms with Crippen LogP contribution in [0.5, 0.6) is 0 Å². The van der Waals surface area contributed by atoms with Crippen LogP contribution in [-0.4, -0.2) is 42.2 Å². The molecule has 17 heavy (non-hydrogen) atoms. The molecule has 4 nitrogen and oxygen atoms in total. The molecule has 0 aliphatic carbocycles. The second-order valence-corrected chi connectivity index (χ2v) is 5.41. The Morgan fingerprint density at radius 3 is 2.18 bits per heavy atom. The third kappa shape index (κ3) is 5.91. The molecule has 0 N–H and O–H groups in total. The Bertz CT molecular complexity index is 224. The van der Waals surface area contributed by atoms with Gasteiger partial charge in [-0.1, -0.05) is 26.2 Å². The van der Waals surface area contributed by atoms with E-state index in [0.717, 1.165) is 13.0 Å². The van der Waals surface area contributed by atoms with Gasteiger partial charge in [-0.2, -0.15) is 5.06 Å². The molecule has 0 rings (SSSR count). The van der Waals surface area contributed by atoms with Crippen LogP contribution >= 0.6 is 0 Å². The molecule has 0 radical (unpaired) electrons. The first kappa shape index (κ1) is 16.2. The maximum atomic E-state index is 12.1. The highest BCUT2D eigenvalue weighted by Crippen LogP contribution is 2.15. The summed E-state index contributed by atoms with van der Waals surface area (Å²) < 4.78 is 0. The Morgan fingerprint density at radius 2 is 1.76 bits per heavy atom. The lowest BCUT2D eigenvalue weighted by Crippen LogP contribution is -2.50. The number of urea groups is 1. The molecule has 0 heterocycles. The van der Waals surface area contributed by atoms with Crippen molar-refractivity contribution >= 4 is 6.03 Å². The molecule has 2 amide bonds. The Hall–Kier alpha value is -0.770. The summed E-state index contributed by atoms with van der Waals surface area (Å²) >= 11 is 0. The van der Waals surface area contributed by atoms with Gasteiger partial charge in [0.15, 0.2) is 0 Å². The highest BCUT2D eigenvalue weighted by molar-refractivity contribution is 5.73. The van der Waals surface area contributed by atoms with E-state index < -0.39 is 0 Å². The molecule has 0 unspecified atom stereocenters. The molecule has 0 atom stereocenters. The third-order valence-corrected chi connectivity index (χ3v) is 2.64. The molecule has 0 aromatic heterocycles. The van der Waals surface area contributed by atoms with Gasteiger partial charge in [0, 0.05) is 13.6 Å². The number of unbranched alkanes of at least 4 members (excludes halogenated alkanes) is 3. The smallest absolute Gasteiger partial charge is 0.326 e. The summed E-state index contributed by atoms with van der Waals surface area (Å²) in [7, 11) is 3.36. The second-order valence-electron chi connectivity index (χ2n) is 5.41. The van der Waals surface area contributed by atoms with E-state index in [1.807, 2.05) is 27.8 Å². The van der Waals surface area contributed by atoms with Gasteiger partial charge in [0.25, 0.3) is 0 Å². The van der Waals surface area contributed by atoms with Crippen molar-refractivity contribution in [3.8, 4) is 0 Å². The van der Waals surface area contributed by atoms with Crippen molar-refractivity contribution in [3.63, 3.8) is 0 Å². The summed E-state index contributed by atoms with van der Waals surface area (Å²) in [6, 6.07) is -0.0727. The van der Waals surface area contributed by atoms with E-state index in [4.69, 9.17) is 4.84 Å². The summed E-state index contributed by atoms with van der Waals surface area (Å²) in [6.45, 7) is 8.84. The number of carbonyl (C=O) groups excluding carboxylic acids is 1. The fraction of sp³-hybridized carbons (Fsp3) is 0.923. The molecule has 0 fully saturated rings. The van der Waals surface area contributed by atoms with Crippen molar-refractivity contribution in [2.24, 2.45) is 0 Å². The largest absolute Gasteiger partial charge is 0.344 e. The average molecular weight is 244 g/mol. The maximum Gasteiger partial charge on any atom is 0.344 e. The van der Waals surface area contributed by atoms with Crippen molar-refractivity contribution in [2.45, 2.75) is 58.9 Å². The van der Waals surface area contributed by atoms with Crippen molar-refractivity contribution in [3.05, 3.63) is 0 Å². The first-order valence-corrected chi connectivity index (χ1v) is 6.44. The van der Waals surface area contributed by atoms with Gasteiger partial charge in [0.2, 0.25) is 0 Å². The average Bonchev–Trinajstić information content (AvgIpc) is 2.22. The highest BCUT2D eigenvalue weighted by atomic mass is 16.7. The number of amides is 2. The lowest BCUT2D eigenvalue weighted by molar-refractivity contribution is -0.148. The van der Waals surface area contributed by atoms with Gasteiger partial charge in [0.1, 0.15) is 0 Å². The van der Waals surface area contributed by atoms with E-state index in [0.29, 0.717) is 0 Å². The summed E-state index contributed by atoms with van der Waals surface area (Å²) in [4.78, 5) is 19.0. The molecule has 4 heteroatoms. The minimum Gasteiger partial charge on any atom is -0.326 e. The fourth-order valence-corrected chi connectivity index (χ4v) is 1.67. The van der Waals surface area contributed by atoms with Gasteiger partial charge < -0.3 is 4.90 Å². The lowest BCUT2D eigenvalue weighted by atomic mass is 10.1. The first-order valence-electron chi connectivity index (χ1n) is 6.44. The Labute approximate surface area is 106 Å². The number of hydrogen-bond donors (Lipinski definition) is 0. The van der Waals surface area contributed by atoms with Crippen molar-refractivity contribution in [1.29, 1.82) is 0 Å². The van der Waals surface area contributed by atoms with Crippen molar-refractivity contribution in [2.75, 3.05) is 20.7 Å². The van der Waals surface area contributed by atoms with Crippen molar-refractivity contribution < 1.29 is 9.63 Å². The van der Waals surface area contributed by atoms with Crippen LogP contribution in [0, 0.1) is 0 Å². The zero-order valence-electron chi connectivity index (χ0n) is 12.2. The molecule has 0 saturated heterocycles. The maximum absolute atomic E-state index is 12.1. The van der Waals surface area contributed by atoms with Gasteiger partial charge in [-0.05, 0) is 27.2 Å². The van der Waals surface area contributed by atoms with E-state index in [1.165, 1.54) is 31.4 Å². The highest BCUT2D eigenvalue weighted by Gasteiger charge is 2.28. The molecule has 102 valence electrons. The molecule has 0 aliphatic rings. The predicted molar refractivity (Wildman–Crippen MR) is 70.8 cm³/mol. The molecule has 0 spiro atoms. The minimum atomic E-state index is -0.316. The summed E-state index contributed by atoms with van der Waals surface area (Å²) in [5.74, 6) is 0. The second kappa shape index (κ2) is 7.54. The van der Waals surface area contributed by atoms with E-state index in [2.05, 4.69) is 6.92 Å². The van der Waals surface area contributed by atoms with Gasteiger partial charge in [-0.3, -0.25) is 4.84 Å². The van der Waals surface area contributed by atoms with Gasteiger partial charge >= 0.3 is 6.03 Å². The Kier molecular flexibility index (Phi) is 7.19. The Balaban J connectivity index is 4.18. The van der Waals surface area contributed by atoms with Crippen LogP contribution in [0.4, 0.5) is 4.79 Å². The number of carbonyl (C=O) groups is 1. The number of nitrogens with zero attached hydrogens (tertiary/aromatic N) is 2. The van der Waals surface area contributed by atoms with E-state index >= 15 is 0 Å². The number of rotatable bonds is 6. The SMILES string of the molecule is CCCCCCN(C)C(=O)N(OC)C(C)(C)C. The third-order valence-electron chi connectivity index (χ3n) is 2.64. The number of hydroxylamine groups is 2. The van der Waals surface area contributed by atoms with E-state index in [9.17, 15) is 4.79 Å².